The van der Waals surface area contributed by atoms with E-state index in [9.17, 15) is 9.59 Å². The van der Waals surface area contributed by atoms with Gasteiger partial charge >= 0.3 is 0 Å². The summed E-state index contributed by atoms with van der Waals surface area (Å²) in [7, 11) is 1.77. The van der Waals surface area contributed by atoms with Crippen LogP contribution >= 0.6 is 0 Å². The lowest BCUT2D eigenvalue weighted by molar-refractivity contribution is -0.117. The zero-order valence-corrected chi connectivity index (χ0v) is 18.1. The molecule has 0 bridgehead atoms. The Morgan fingerprint density at radius 3 is 2.81 bits per heavy atom. The third kappa shape index (κ3) is 5.05. The molecular formula is C24H29N3O4. The molecule has 0 atom stereocenters. The maximum atomic E-state index is 12.9. The summed E-state index contributed by atoms with van der Waals surface area (Å²) in [5, 5.41) is 3.10. The van der Waals surface area contributed by atoms with Crippen molar-refractivity contribution in [1.29, 1.82) is 0 Å². The molecule has 1 N–H and O–H groups in total. The second kappa shape index (κ2) is 9.47. The van der Waals surface area contributed by atoms with Crippen LogP contribution in [0.15, 0.2) is 24.3 Å². The molecule has 2 amide bonds. The van der Waals surface area contributed by atoms with E-state index in [-0.39, 0.29) is 11.9 Å². The van der Waals surface area contributed by atoms with Crippen molar-refractivity contribution < 1.29 is 19.1 Å². The Hall–Kier alpha value is -2.93. The Morgan fingerprint density at radius 2 is 2.03 bits per heavy atom. The Labute approximate surface area is 182 Å². The van der Waals surface area contributed by atoms with Crippen LogP contribution in [0.1, 0.15) is 51.3 Å². The van der Waals surface area contributed by atoms with Crippen molar-refractivity contribution in [3.63, 3.8) is 0 Å². The van der Waals surface area contributed by atoms with Crippen molar-refractivity contribution in [2.45, 2.75) is 45.2 Å². The second-order valence-electron chi connectivity index (χ2n) is 8.36. The molecule has 1 fully saturated rings. The van der Waals surface area contributed by atoms with Gasteiger partial charge in [0.15, 0.2) is 0 Å². The summed E-state index contributed by atoms with van der Waals surface area (Å²) in [6.45, 7) is 4.55. The van der Waals surface area contributed by atoms with Crippen LogP contribution in [0, 0.1) is 6.92 Å². The van der Waals surface area contributed by atoms with E-state index in [1.54, 1.807) is 11.9 Å². The standard InChI is InChI=1S/C24H29N3O4/c1-16-3-4-17(12-19(16)14-27(2)15-28)11-18-13-22(26-21-7-10-31-23(18)21)24(29)25-20-5-8-30-9-6-20/h3-4,12-13,15,20H,5-11,14H2,1-2H3,(H,25,29). The lowest BCUT2D eigenvalue weighted by Gasteiger charge is -2.23. The number of hydrogen-bond donors (Lipinski definition) is 1. The van der Waals surface area contributed by atoms with Gasteiger partial charge in [-0.25, -0.2) is 4.98 Å². The summed E-state index contributed by atoms with van der Waals surface area (Å²) in [6, 6.07) is 8.27. The van der Waals surface area contributed by atoms with Crippen LogP contribution in [0.5, 0.6) is 5.75 Å². The van der Waals surface area contributed by atoms with Crippen molar-refractivity contribution in [2.24, 2.45) is 0 Å². The molecule has 4 rings (SSSR count). The van der Waals surface area contributed by atoms with Gasteiger partial charge in [-0.1, -0.05) is 18.2 Å². The smallest absolute Gasteiger partial charge is 0.270 e. The lowest BCUT2D eigenvalue weighted by atomic mass is 9.98. The summed E-state index contributed by atoms with van der Waals surface area (Å²) in [4.78, 5) is 30.1. The van der Waals surface area contributed by atoms with Crippen LogP contribution in [0.4, 0.5) is 0 Å². The second-order valence-corrected chi connectivity index (χ2v) is 8.36. The van der Waals surface area contributed by atoms with E-state index in [0.717, 1.165) is 52.9 Å². The van der Waals surface area contributed by atoms with Crippen LogP contribution in [0.2, 0.25) is 0 Å². The van der Waals surface area contributed by atoms with Gasteiger partial charge < -0.3 is 19.7 Å². The molecule has 31 heavy (non-hydrogen) atoms. The van der Waals surface area contributed by atoms with Crippen molar-refractivity contribution in [3.8, 4) is 5.75 Å². The van der Waals surface area contributed by atoms with E-state index < -0.39 is 0 Å². The van der Waals surface area contributed by atoms with Gasteiger partial charge in [0.1, 0.15) is 11.4 Å². The lowest BCUT2D eigenvalue weighted by Crippen LogP contribution is -2.39. The largest absolute Gasteiger partial charge is 0.491 e. The minimum Gasteiger partial charge on any atom is -0.491 e. The maximum absolute atomic E-state index is 12.9. The van der Waals surface area contributed by atoms with Crippen LogP contribution in [-0.2, 0) is 28.9 Å². The zero-order chi connectivity index (χ0) is 21.8. The summed E-state index contributed by atoms with van der Waals surface area (Å²) < 4.78 is 11.2. The van der Waals surface area contributed by atoms with E-state index in [1.807, 2.05) is 13.0 Å². The number of nitrogens with one attached hydrogen (secondary N) is 1. The van der Waals surface area contributed by atoms with E-state index in [0.29, 0.717) is 44.9 Å². The minimum atomic E-state index is -0.139. The number of pyridine rings is 1. The molecule has 2 aliphatic heterocycles. The molecule has 7 nitrogen and oxygen atoms in total. The van der Waals surface area contributed by atoms with E-state index in [2.05, 4.69) is 28.5 Å². The Morgan fingerprint density at radius 1 is 1.23 bits per heavy atom. The number of carbonyl (C=O) groups excluding carboxylic acids is 2. The average Bonchev–Trinajstić information content (AvgIpc) is 3.25. The molecular weight excluding hydrogens is 394 g/mol. The van der Waals surface area contributed by atoms with Crippen molar-refractivity contribution in [3.05, 3.63) is 57.9 Å². The molecule has 2 aromatic rings. The molecule has 7 heteroatoms. The number of nitrogens with zero attached hydrogens (tertiary/aromatic N) is 2. The SMILES string of the molecule is Cc1ccc(Cc2cc(C(=O)NC3CCOCC3)nc3c2OCC3)cc1CN(C)C=O. The molecule has 0 spiro atoms. The maximum Gasteiger partial charge on any atom is 0.270 e. The fraction of sp³-hybridized carbons (Fsp3) is 0.458. The molecule has 1 aromatic heterocycles. The van der Waals surface area contributed by atoms with Gasteiger partial charge in [0.2, 0.25) is 6.41 Å². The monoisotopic (exact) mass is 423 g/mol. The number of hydrogen-bond acceptors (Lipinski definition) is 5. The Bertz CT molecular complexity index is 970. The highest BCUT2D eigenvalue weighted by molar-refractivity contribution is 5.93. The molecule has 0 radical (unpaired) electrons. The Kier molecular flexibility index (Phi) is 6.51. The number of benzene rings is 1. The fourth-order valence-corrected chi connectivity index (χ4v) is 4.12. The summed E-state index contributed by atoms with van der Waals surface area (Å²) >= 11 is 0. The third-order valence-electron chi connectivity index (χ3n) is 5.90. The van der Waals surface area contributed by atoms with Gasteiger partial charge in [0.05, 0.1) is 12.3 Å². The first kappa shape index (κ1) is 21.3. The molecule has 164 valence electrons. The van der Waals surface area contributed by atoms with Gasteiger partial charge in [0, 0.05) is 51.3 Å². The number of rotatable bonds is 7. The molecule has 1 aromatic carbocycles. The van der Waals surface area contributed by atoms with Crippen LogP contribution in [0.3, 0.4) is 0 Å². The number of carbonyl (C=O) groups is 2. The highest BCUT2D eigenvalue weighted by Crippen LogP contribution is 2.31. The molecule has 3 heterocycles. The summed E-state index contributed by atoms with van der Waals surface area (Å²) in [5.41, 5.74) is 5.63. The van der Waals surface area contributed by atoms with E-state index >= 15 is 0 Å². The number of amides is 2. The van der Waals surface area contributed by atoms with Crippen LogP contribution < -0.4 is 10.1 Å². The highest BCUT2D eigenvalue weighted by atomic mass is 16.5. The summed E-state index contributed by atoms with van der Waals surface area (Å²) in [5.74, 6) is 0.662. The van der Waals surface area contributed by atoms with Crippen LogP contribution in [-0.4, -0.2) is 55.1 Å². The van der Waals surface area contributed by atoms with Crippen molar-refractivity contribution in [2.75, 3.05) is 26.9 Å². The predicted molar refractivity (Wildman–Crippen MR) is 116 cm³/mol. The van der Waals surface area contributed by atoms with Crippen molar-refractivity contribution >= 4 is 12.3 Å². The van der Waals surface area contributed by atoms with Crippen LogP contribution in [0.25, 0.3) is 0 Å². The first-order chi connectivity index (χ1) is 15.0. The summed E-state index contributed by atoms with van der Waals surface area (Å²) in [6.07, 6.45) is 3.84. The number of ether oxygens (including phenoxy) is 2. The Balaban J connectivity index is 1.57. The topological polar surface area (TPSA) is 80.8 Å². The average molecular weight is 424 g/mol. The normalized spacial score (nSPS) is 15.8. The molecule has 2 aliphatic rings. The molecule has 1 saturated heterocycles. The number of fused-ring (bicyclic) bond motifs is 1. The van der Waals surface area contributed by atoms with Gasteiger partial charge in [-0.3, -0.25) is 9.59 Å². The first-order valence-corrected chi connectivity index (χ1v) is 10.8. The van der Waals surface area contributed by atoms with Gasteiger partial charge in [-0.15, -0.1) is 0 Å². The minimum absolute atomic E-state index is 0.130. The highest BCUT2D eigenvalue weighted by Gasteiger charge is 2.24. The fourth-order valence-electron chi connectivity index (χ4n) is 4.12. The molecule has 0 unspecified atom stereocenters. The quantitative estimate of drug-likeness (QED) is 0.692. The number of aryl methyl sites for hydroxylation is 1. The van der Waals surface area contributed by atoms with Gasteiger partial charge in [0.25, 0.3) is 5.91 Å². The predicted octanol–water partition coefficient (Wildman–Crippen LogP) is 2.41. The van der Waals surface area contributed by atoms with Gasteiger partial charge in [-0.05, 0) is 42.5 Å². The first-order valence-electron chi connectivity index (χ1n) is 10.8. The van der Waals surface area contributed by atoms with E-state index in [4.69, 9.17) is 9.47 Å². The molecule has 0 saturated carbocycles. The van der Waals surface area contributed by atoms with Gasteiger partial charge in [-0.2, -0.15) is 0 Å². The zero-order valence-electron chi connectivity index (χ0n) is 18.1. The molecule has 0 aliphatic carbocycles. The third-order valence-corrected chi connectivity index (χ3v) is 5.90. The number of aromatic nitrogens is 1. The van der Waals surface area contributed by atoms with E-state index in [1.165, 1.54) is 0 Å². The van der Waals surface area contributed by atoms with Crippen molar-refractivity contribution in [1.82, 2.24) is 15.2 Å².